The molecule has 1 saturated heterocycles. The summed E-state index contributed by atoms with van der Waals surface area (Å²) in [6.07, 6.45) is 4.98. The molecule has 3 heterocycles. The van der Waals surface area contributed by atoms with Gasteiger partial charge in [0.2, 0.25) is 0 Å². The van der Waals surface area contributed by atoms with E-state index >= 15 is 0 Å². The normalized spacial score (nSPS) is 14.8. The van der Waals surface area contributed by atoms with E-state index in [9.17, 15) is 13.6 Å². The summed E-state index contributed by atoms with van der Waals surface area (Å²) in [6.45, 7) is 3.90. The van der Waals surface area contributed by atoms with Crippen LogP contribution in [0.2, 0.25) is 0 Å². The van der Waals surface area contributed by atoms with Crippen LogP contribution < -0.4 is 0 Å². The molecule has 2 aromatic heterocycles. The number of carbonyl (C=O) groups is 2. The summed E-state index contributed by atoms with van der Waals surface area (Å²) in [5.74, 6) is -2.21. The molecule has 0 unspecified atom stereocenters. The quantitative estimate of drug-likeness (QED) is 0.768. The maximum absolute atomic E-state index is 13.7. The molecule has 3 rings (SSSR count). The Labute approximate surface area is 154 Å². The van der Waals surface area contributed by atoms with Crippen molar-refractivity contribution in [2.24, 2.45) is 0 Å². The first kappa shape index (κ1) is 20.4. The smallest absolute Gasteiger partial charge is 0.290 e. The highest BCUT2D eigenvalue weighted by molar-refractivity contribution is 5.92. The molecule has 0 aliphatic carbocycles. The molecule has 0 bridgehead atoms. The van der Waals surface area contributed by atoms with Gasteiger partial charge in [0.25, 0.3) is 12.4 Å². The lowest BCUT2D eigenvalue weighted by molar-refractivity contribution is -0.122. The number of pyridine rings is 1. The summed E-state index contributed by atoms with van der Waals surface area (Å²) in [7, 11) is 0. The fourth-order valence-corrected chi connectivity index (χ4v) is 2.71. The standard InChI is InChI=1S/C15H18F2N6O.CH2O2/c16-12-8-13(17)14(18-9-12)15(24)23-3-1-2-21(6-7-23)4-5-22-10-19-20-11-22;2-1-3/h8-11H,1-7H2;1H,(H,2,3). The van der Waals surface area contributed by atoms with Crippen molar-refractivity contribution in [2.45, 2.75) is 13.0 Å². The molecular formula is C16H20F2N6O3. The van der Waals surface area contributed by atoms with Gasteiger partial charge in [0, 0.05) is 38.8 Å². The Morgan fingerprint density at radius 3 is 2.52 bits per heavy atom. The van der Waals surface area contributed by atoms with Crippen molar-refractivity contribution in [3.8, 4) is 0 Å². The molecule has 2 aromatic rings. The highest BCUT2D eigenvalue weighted by Gasteiger charge is 2.23. The number of rotatable bonds is 4. The van der Waals surface area contributed by atoms with Crippen molar-refractivity contribution in [3.63, 3.8) is 0 Å². The van der Waals surface area contributed by atoms with E-state index in [0.717, 1.165) is 32.3 Å². The number of halogens is 2. The van der Waals surface area contributed by atoms with E-state index in [2.05, 4.69) is 20.1 Å². The lowest BCUT2D eigenvalue weighted by atomic mass is 10.3. The van der Waals surface area contributed by atoms with Crippen LogP contribution in [0.25, 0.3) is 0 Å². The second kappa shape index (κ2) is 10.3. The van der Waals surface area contributed by atoms with Crippen molar-refractivity contribution in [1.29, 1.82) is 0 Å². The average molecular weight is 382 g/mol. The van der Waals surface area contributed by atoms with Crippen LogP contribution in [0.1, 0.15) is 16.9 Å². The Hall–Kier alpha value is -2.95. The predicted molar refractivity (Wildman–Crippen MR) is 89.8 cm³/mol. The summed E-state index contributed by atoms with van der Waals surface area (Å²) in [4.78, 5) is 28.2. The lowest BCUT2D eigenvalue weighted by Gasteiger charge is -2.22. The van der Waals surface area contributed by atoms with Crippen molar-refractivity contribution in [2.75, 3.05) is 32.7 Å². The summed E-state index contributed by atoms with van der Waals surface area (Å²) in [5, 5.41) is 14.4. The van der Waals surface area contributed by atoms with Crippen LogP contribution in [-0.4, -0.2) is 79.8 Å². The highest BCUT2D eigenvalue weighted by Crippen LogP contribution is 2.12. The topological polar surface area (TPSA) is 104 Å². The molecule has 1 amide bonds. The molecule has 0 saturated carbocycles. The van der Waals surface area contributed by atoms with Gasteiger partial charge in [0.05, 0.1) is 6.20 Å². The van der Waals surface area contributed by atoms with E-state index in [1.165, 1.54) is 0 Å². The van der Waals surface area contributed by atoms with Crippen molar-refractivity contribution < 1.29 is 23.5 Å². The summed E-state index contributed by atoms with van der Waals surface area (Å²) >= 11 is 0. The zero-order chi connectivity index (χ0) is 19.6. The SMILES string of the molecule is O=C(c1ncc(F)cc1F)N1CCCN(CCn2cnnc2)CC1.O=CO. The first-order valence-corrected chi connectivity index (χ1v) is 8.28. The van der Waals surface area contributed by atoms with Gasteiger partial charge < -0.3 is 14.6 Å². The Morgan fingerprint density at radius 1 is 1.15 bits per heavy atom. The van der Waals surface area contributed by atoms with Crippen LogP contribution in [0.3, 0.4) is 0 Å². The zero-order valence-corrected chi connectivity index (χ0v) is 14.5. The first-order valence-electron chi connectivity index (χ1n) is 8.28. The number of hydrogen-bond donors (Lipinski definition) is 1. The molecule has 0 radical (unpaired) electrons. The number of carbonyl (C=O) groups excluding carboxylic acids is 1. The Morgan fingerprint density at radius 2 is 1.85 bits per heavy atom. The van der Waals surface area contributed by atoms with Gasteiger partial charge in [-0.25, -0.2) is 13.8 Å². The molecule has 1 fully saturated rings. The molecule has 0 aromatic carbocycles. The number of hydrogen-bond acceptors (Lipinski definition) is 6. The predicted octanol–water partition coefficient (Wildman–Crippen LogP) is 0.500. The average Bonchev–Trinajstić information content (AvgIpc) is 3.04. The molecule has 146 valence electrons. The fourth-order valence-electron chi connectivity index (χ4n) is 2.71. The minimum atomic E-state index is -0.922. The Bertz CT molecular complexity index is 744. The van der Waals surface area contributed by atoms with Gasteiger partial charge in [0.1, 0.15) is 18.5 Å². The van der Waals surface area contributed by atoms with Crippen LogP contribution in [0.4, 0.5) is 8.78 Å². The third kappa shape index (κ3) is 6.06. The van der Waals surface area contributed by atoms with Crippen LogP contribution in [0, 0.1) is 11.6 Å². The van der Waals surface area contributed by atoms with Crippen LogP contribution in [0.15, 0.2) is 24.9 Å². The van der Waals surface area contributed by atoms with Gasteiger partial charge in [-0.1, -0.05) is 0 Å². The minimum absolute atomic E-state index is 0.250. The fraction of sp³-hybridized carbons (Fsp3) is 0.438. The van der Waals surface area contributed by atoms with Crippen molar-refractivity contribution >= 4 is 12.4 Å². The van der Waals surface area contributed by atoms with E-state index in [1.807, 2.05) is 4.57 Å². The monoisotopic (exact) mass is 382 g/mol. The summed E-state index contributed by atoms with van der Waals surface area (Å²) in [5.41, 5.74) is -0.325. The number of nitrogens with zero attached hydrogens (tertiary/aromatic N) is 6. The van der Waals surface area contributed by atoms with E-state index in [4.69, 9.17) is 9.90 Å². The summed E-state index contributed by atoms with van der Waals surface area (Å²) < 4.78 is 28.6. The second-order valence-corrected chi connectivity index (χ2v) is 5.78. The Kier molecular flexibility index (Phi) is 7.74. The highest BCUT2D eigenvalue weighted by atomic mass is 19.1. The third-order valence-corrected chi connectivity index (χ3v) is 4.03. The van der Waals surface area contributed by atoms with E-state index in [0.29, 0.717) is 25.7 Å². The lowest BCUT2D eigenvalue weighted by Crippen LogP contribution is -2.36. The van der Waals surface area contributed by atoms with Crippen molar-refractivity contribution in [1.82, 2.24) is 29.5 Å². The van der Waals surface area contributed by atoms with Gasteiger partial charge in [-0.05, 0) is 13.0 Å². The molecule has 1 aliphatic rings. The first-order chi connectivity index (χ1) is 13.0. The van der Waals surface area contributed by atoms with Crippen molar-refractivity contribution in [3.05, 3.63) is 42.2 Å². The second-order valence-electron chi connectivity index (χ2n) is 5.78. The summed E-state index contributed by atoms with van der Waals surface area (Å²) in [6, 6.07) is 0.684. The van der Waals surface area contributed by atoms with Crippen LogP contribution in [0.5, 0.6) is 0 Å². The third-order valence-electron chi connectivity index (χ3n) is 4.03. The molecule has 11 heteroatoms. The number of amides is 1. The van der Waals surface area contributed by atoms with Crippen LogP contribution in [-0.2, 0) is 11.3 Å². The molecular weight excluding hydrogens is 362 g/mol. The minimum Gasteiger partial charge on any atom is -0.483 e. The van der Waals surface area contributed by atoms with E-state index < -0.39 is 17.5 Å². The maximum atomic E-state index is 13.7. The van der Waals surface area contributed by atoms with Gasteiger partial charge in [-0.2, -0.15) is 0 Å². The number of aromatic nitrogens is 4. The van der Waals surface area contributed by atoms with E-state index in [1.54, 1.807) is 17.6 Å². The molecule has 0 spiro atoms. The van der Waals surface area contributed by atoms with Gasteiger partial charge in [-0.15, -0.1) is 10.2 Å². The van der Waals surface area contributed by atoms with Gasteiger partial charge in [0.15, 0.2) is 11.5 Å². The van der Waals surface area contributed by atoms with Gasteiger partial charge in [-0.3, -0.25) is 14.5 Å². The molecule has 1 N–H and O–H groups in total. The van der Waals surface area contributed by atoms with Gasteiger partial charge >= 0.3 is 0 Å². The maximum Gasteiger partial charge on any atom is 0.290 e. The molecule has 27 heavy (non-hydrogen) atoms. The molecule has 9 nitrogen and oxygen atoms in total. The van der Waals surface area contributed by atoms with Crippen LogP contribution >= 0.6 is 0 Å². The number of carboxylic acid groups (broad SMARTS) is 1. The molecule has 1 aliphatic heterocycles. The zero-order valence-electron chi connectivity index (χ0n) is 14.5. The Balaban J connectivity index is 0.000000817. The largest absolute Gasteiger partial charge is 0.483 e. The van der Waals surface area contributed by atoms with E-state index in [-0.39, 0.29) is 12.2 Å². The molecule has 0 atom stereocenters.